The zero-order chi connectivity index (χ0) is 22.2. The number of thiophene rings is 1. The molecule has 0 spiro atoms. The van der Waals surface area contributed by atoms with Gasteiger partial charge in [0, 0.05) is 10.8 Å². The number of benzene rings is 1. The van der Waals surface area contributed by atoms with E-state index in [-0.39, 0.29) is 11.7 Å². The van der Waals surface area contributed by atoms with Gasteiger partial charge >= 0.3 is 0 Å². The molecule has 0 bridgehead atoms. The summed E-state index contributed by atoms with van der Waals surface area (Å²) in [6.07, 6.45) is 5.03. The van der Waals surface area contributed by atoms with E-state index < -0.39 is 5.91 Å². The molecule has 166 valence electrons. The van der Waals surface area contributed by atoms with E-state index in [4.69, 9.17) is 10.7 Å². The quantitative estimate of drug-likeness (QED) is 0.508. The fourth-order valence-corrected chi connectivity index (χ4v) is 6.19. The molecule has 2 heterocycles. The van der Waals surface area contributed by atoms with Crippen LogP contribution in [0.5, 0.6) is 0 Å². The van der Waals surface area contributed by atoms with Crippen molar-refractivity contribution in [1.29, 1.82) is 0 Å². The van der Waals surface area contributed by atoms with Crippen molar-refractivity contribution in [3.63, 3.8) is 0 Å². The van der Waals surface area contributed by atoms with Crippen molar-refractivity contribution in [2.75, 3.05) is 11.1 Å². The number of para-hydroxylation sites is 1. The van der Waals surface area contributed by atoms with Gasteiger partial charge in [0.05, 0.1) is 17.0 Å². The van der Waals surface area contributed by atoms with Gasteiger partial charge in [0.25, 0.3) is 5.91 Å². The first kappa shape index (κ1) is 21.2. The molecule has 3 aromatic rings. The van der Waals surface area contributed by atoms with Gasteiger partial charge in [0.1, 0.15) is 10.8 Å². The average molecular weight is 468 g/mol. The zero-order valence-corrected chi connectivity index (χ0v) is 19.5. The Morgan fingerprint density at radius 2 is 2.03 bits per heavy atom. The number of nitrogens with two attached hydrogens (primary N) is 1. The van der Waals surface area contributed by atoms with E-state index in [1.165, 1.54) is 23.1 Å². The van der Waals surface area contributed by atoms with Crippen LogP contribution in [-0.2, 0) is 17.6 Å². The van der Waals surface area contributed by atoms with Gasteiger partial charge in [-0.15, -0.1) is 16.4 Å². The Morgan fingerprint density at radius 1 is 1.25 bits per heavy atom. The number of carbonyl (C=O) groups is 2. The Hall–Kier alpha value is -2.65. The van der Waals surface area contributed by atoms with Crippen molar-refractivity contribution >= 4 is 39.9 Å². The summed E-state index contributed by atoms with van der Waals surface area (Å²) in [6, 6.07) is 9.94. The van der Waals surface area contributed by atoms with Crippen molar-refractivity contribution in [2.24, 2.45) is 11.7 Å². The van der Waals surface area contributed by atoms with Gasteiger partial charge in [-0.05, 0) is 55.7 Å². The predicted octanol–water partition coefficient (Wildman–Crippen LogP) is 4.16. The van der Waals surface area contributed by atoms with Crippen molar-refractivity contribution in [3.05, 3.63) is 52.2 Å². The van der Waals surface area contributed by atoms with E-state index in [1.807, 2.05) is 35.0 Å². The average Bonchev–Trinajstić information content (AvgIpc) is 3.43. The van der Waals surface area contributed by atoms with Crippen LogP contribution < -0.4 is 11.1 Å². The van der Waals surface area contributed by atoms with Gasteiger partial charge in [-0.3, -0.25) is 9.59 Å². The number of carbonyl (C=O) groups excluding carboxylic acids is 2. The van der Waals surface area contributed by atoms with Crippen LogP contribution in [0.15, 0.2) is 35.5 Å². The molecule has 1 atom stereocenters. The lowest BCUT2D eigenvalue weighted by Crippen LogP contribution is -2.20. The third kappa shape index (κ3) is 4.31. The topological polar surface area (TPSA) is 103 Å². The molecule has 1 saturated carbocycles. The van der Waals surface area contributed by atoms with Crippen LogP contribution in [0.3, 0.4) is 0 Å². The van der Waals surface area contributed by atoms with Crippen LogP contribution >= 0.6 is 23.1 Å². The molecular weight excluding hydrogens is 442 g/mol. The van der Waals surface area contributed by atoms with Crippen molar-refractivity contribution in [2.45, 2.75) is 50.1 Å². The van der Waals surface area contributed by atoms with E-state index in [2.05, 4.69) is 17.3 Å². The third-order valence-corrected chi connectivity index (χ3v) is 7.91. The number of hydrogen-bond acceptors (Lipinski definition) is 6. The van der Waals surface area contributed by atoms with Crippen LogP contribution in [-0.4, -0.2) is 32.3 Å². The summed E-state index contributed by atoms with van der Waals surface area (Å²) in [5, 5.41) is 8.72. The van der Waals surface area contributed by atoms with Crippen LogP contribution in [0, 0.1) is 5.92 Å². The van der Waals surface area contributed by atoms with Gasteiger partial charge in [-0.2, -0.15) is 0 Å². The van der Waals surface area contributed by atoms with Crippen LogP contribution in [0.1, 0.15) is 58.7 Å². The molecule has 1 fully saturated rings. The molecule has 5 rings (SSSR count). The summed E-state index contributed by atoms with van der Waals surface area (Å²) in [4.78, 5) is 30.7. The maximum absolute atomic E-state index is 12.7. The summed E-state index contributed by atoms with van der Waals surface area (Å²) in [7, 11) is 0. The second kappa shape index (κ2) is 8.71. The second-order valence-corrected chi connectivity index (χ2v) is 10.6. The molecule has 32 heavy (non-hydrogen) atoms. The highest BCUT2D eigenvalue weighted by Crippen LogP contribution is 2.41. The molecule has 9 heteroatoms. The molecule has 2 aliphatic rings. The SMILES string of the molecule is C[C@@H]1CCc2c(sc(NC(=O)CSc3nc(C4CC4)n(-c4ccccc4)n3)c2C(N)=O)C1. The number of fused-ring (bicyclic) bond motifs is 1. The molecule has 7 nitrogen and oxygen atoms in total. The lowest BCUT2D eigenvalue weighted by atomic mass is 9.88. The largest absolute Gasteiger partial charge is 0.365 e. The molecule has 1 aromatic carbocycles. The zero-order valence-electron chi connectivity index (χ0n) is 17.8. The molecule has 0 saturated heterocycles. The molecular formula is C23H25N5O2S2. The number of primary amides is 1. The molecule has 3 N–H and O–H groups in total. The maximum Gasteiger partial charge on any atom is 0.251 e. The monoisotopic (exact) mass is 467 g/mol. The minimum atomic E-state index is -0.475. The number of thioether (sulfide) groups is 1. The number of amides is 2. The standard InChI is InChI=1S/C23H25N5O2S2/c1-13-7-10-16-17(11-13)32-22(19(16)20(24)30)25-18(29)12-31-23-26-21(14-8-9-14)28(27-23)15-5-3-2-4-6-15/h2-6,13-14H,7-12H2,1H3,(H2,24,30)(H,25,29)/t13-/m1/s1. The van der Waals surface area contributed by atoms with Gasteiger partial charge in [-0.1, -0.05) is 36.9 Å². The third-order valence-electron chi connectivity index (χ3n) is 5.90. The first-order chi connectivity index (χ1) is 15.5. The molecule has 2 aromatic heterocycles. The number of nitrogens with one attached hydrogen (secondary N) is 1. The van der Waals surface area contributed by atoms with E-state index in [1.54, 1.807) is 0 Å². The molecule has 0 unspecified atom stereocenters. The van der Waals surface area contributed by atoms with Crippen molar-refractivity contribution in [1.82, 2.24) is 14.8 Å². The number of nitrogens with zero attached hydrogens (tertiary/aromatic N) is 3. The lowest BCUT2D eigenvalue weighted by molar-refractivity contribution is -0.113. The number of hydrogen-bond donors (Lipinski definition) is 2. The Kier molecular flexibility index (Phi) is 5.77. The highest BCUT2D eigenvalue weighted by molar-refractivity contribution is 7.99. The first-order valence-electron chi connectivity index (χ1n) is 10.9. The van der Waals surface area contributed by atoms with Gasteiger partial charge in [0.15, 0.2) is 0 Å². The Bertz CT molecular complexity index is 1170. The molecule has 0 radical (unpaired) electrons. The van der Waals surface area contributed by atoms with Gasteiger partial charge in [0.2, 0.25) is 11.1 Å². The van der Waals surface area contributed by atoms with Gasteiger partial charge in [-0.25, -0.2) is 9.67 Å². The Balaban J connectivity index is 1.30. The predicted molar refractivity (Wildman–Crippen MR) is 127 cm³/mol. The number of anilines is 1. The normalized spacial score (nSPS) is 17.7. The molecule has 0 aliphatic heterocycles. The van der Waals surface area contributed by atoms with Crippen molar-refractivity contribution < 1.29 is 9.59 Å². The summed E-state index contributed by atoms with van der Waals surface area (Å²) < 4.78 is 1.89. The van der Waals surface area contributed by atoms with E-state index in [0.29, 0.717) is 27.6 Å². The lowest BCUT2D eigenvalue weighted by Gasteiger charge is -2.18. The van der Waals surface area contributed by atoms with Crippen LogP contribution in [0.2, 0.25) is 0 Å². The molecule has 2 aliphatic carbocycles. The molecule has 2 amide bonds. The number of rotatable bonds is 7. The van der Waals surface area contributed by atoms with Crippen molar-refractivity contribution in [3.8, 4) is 5.69 Å². The fourth-order valence-electron chi connectivity index (χ4n) is 4.12. The Morgan fingerprint density at radius 3 is 2.75 bits per heavy atom. The first-order valence-corrected chi connectivity index (χ1v) is 12.7. The summed E-state index contributed by atoms with van der Waals surface area (Å²) in [5.41, 5.74) is 8.13. The van der Waals surface area contributed by atoms with Gasteiger partial charge < -0.3 is 11.1 Å². The smallest absolute Gasteiger partial charge is 0.251 e. The van der Waals surface area contributed by atoms with E-state index in [0.717, 1.165) is 54.1 Å². The maximum atomic E-state index is 12.7. The number of aromatic nitrogens is 3. The van der Waals surface area contributed by atoms with Crippen LogP contribution in [0.25, 0.3) is 5.69 Å². The van der Waals surface area contributed by atoms with Crippen LogP contribution in [0.4, 0.5) is 5.00 Å². The Labute approximate surface area is 194 Å². The van der Waals surface area contributed by atoms with E-state index in [9.17, 15) is 9.59 Å². The second-order valence-electron chi connectivity index (χ2n) is 8.53. The summed E-state index contributed by atoms with van der Waals surface area (Å²) in [6.45, 7) is 2.21. The fraction of sp³-hybridized carbons (Fsp3) is 0.391. The minimum Gasteiger partial charge on any atom is -0.365 e. The minimum absolute atomic E-state index is 0.167. The van der Waals surface area contributed by atoms with E-state index >= 15 is 0 Å². The summed E-state index contributed by atoms with van der Waals surface area (Å²) in [5.74, 6) is 1.47. The highest BCUT2D eigenvalue weighted by Gasteiger charge is 2.31. The highest BCUT2D eigenvalue weighted by atomic mass is 32.2. The summed E-state index contributed by atoms with van der Waals surface area (Å²) >= 11 is 2.79.